The first-order chi connectivity index (χ1) is 12.3. The first-order valence-electron chi connectivity index (χ1n) is 8.90. The molecule has 1 aromatic heterocycles. The van der Waals surface area contributed by atoms with Gasteiger partial charge in [-0.3, -0.25) is 4.98 Å². The van der Waals surface area contributed by atoms with E-state index in [9.17, 15) is 0 Å². The van der Waals surface area contributed by atoms with E-state index in [0.717, 1.165) is 28.6 Å². The number of ether oxygens (including phenoxy) is 2. The second-order valence-electron chi connectivity index (χ2n) is 6.23. The zero-order valence-corrected chi connectivity index (χ0v) is 14.9. The molecule has 0 aliphatic heterocycles. The maximum Gasteiger partial charge on any atom is 0.146 e. The zero-order valence-electron chi connectivity index (χ0n) is 14.9. The van der Waals surface area contributed by atoms with Crippen LogP contribution < -0.4 is 4.74 Å². The van der Waals surface area contributed by atoms with E-state index in [2.05, 4.69) is 36.2 Å². The van der Waals surface area contributed by atoms with Crippen LogP contribution in [0.4, 0.5) is 0 Å². The molecule has 0 radical (unpaired) electrons. The van der Waals surface area contributed by atoms with Gasteiger partial charge in [0.25, 0.3) is 0 Å². The second-order valence-corrected chi connectivity index (χ2v) is 6.23. The molecule has 2 aromatic carbocycles. The lowest BCUT2D eigenvalue weighted by atomic mass is 10.0. The number of aromatic nitrogens is 1. The molecule has 0 spiro atoms. The van der Waals surface area contributed by atoms with Crippen molar-refractivity contribution in [2.24, 2.45) is 0 Å². The third-order valence-electron chi connectivity index (χ3n) is 4.45. The Hall–Kier alpha value is -2.39. The maximum absolute atomic E-state index is 6.00. The molecule has 0 N–H and O–H groups in total. The van der Waals surface area contributed by atoms with Crippen molar-refractivity contribution in [1.82, 2.24) is 4.98 Å². The molecular weight excluding hydrogens is 310 g/mol. The van der Waals surface area contributed by atoms with Gasteiger partial charge in [-0.2, -0.15) is 0 Å². The van der Waals surface area contributed by atoms with E-state index < -0.39 is 0 Å². The fourth-order valence-electron chi connectivity index (χ4n) is 2.99. The van der Waals surface area contributed by atoms with Gasteiger partial charge in [0.2, 0.25) is 0 Å². The highest BCUT2D eigenvalue weighted by molar-refractivity contribution is 5.84. The lowest BCUT2D eigenvalue weighted by Crippen LogP contribution is -2.02. The summed E-state index contributed by atoms with van der Waals surface area (Å²) in [6.45, 7) is 2.73. The van der Waals surface area contributed by atoms with Crippen LogP contribution in [0.5, 0.6) is 5.75 Å². The summed E-state index contributed by atoms with van der Waals surface area (Å²) < 4.78 is 11.6. The molecule has 0 fully saturated rings. The molecule has 0 bridgehead atoms. The number of pyridine rings is 1. The molecule has 0 amide bonds. The quantitative estimate of drug-likeness (QED) is 0.530. The molecule has 1 heterocycles. The predicted octanol–water partition coefficient (Wildman–Crippen LogP) is 5.69. The van der Waals surface area contributed by atoms with E-state index in [1.54, 1.807) is 13.3 Å². The van der Waals surface area contributed by atoms with Crippen molar-refractivity contribution in [2.45, 2.75) is 38.9 Å². The molecule has 3 heteroatoms. The lowest BCUT2D eigenvalue weighted by molar-refractivity contribution is 0.0936. The average Bonchev–Trinajstić information content (AvgIpc) is 2.68. The molecule has 3 nitrogen and oxygen atoms in total. The minimum atomic E-state index is 0.178. The van der Waals surface area contributed by atoms with Crippen molar-refractivity contribution in [3.63, 3.8) is 0 Å². The van der Waals surface area contributed by atoms with Crippen LogP contribution in [-0.4, -0.2) is 12.1 Å². The van der Waals surface area contributed by atoms with Gasteiger partial charge in [0.05, 0.1) is 6.10 Å². The van der Waals surface area contributed by atoms with Crippen molar-refractivity contribution >= 4 is 10.9 Å². The molecule has 130 valence electrons. The molecule has 1 atom stereocenters. The predicted molar refractivity (Wildman–Crippen MR) is 102 cm³/mol. The Morgan fingerprint density at radius 3 is 2.56 bits per heavy atom. The van der Waals surface area contributed by atoms with E-state index in [-0.39, 0.29) is 6.10 Å². The van der Waals surface area contributed by atoms with Crippen LogP contribution in [0.25, 0.3) is 10.9 Å². The third-order valence-corrected chi connectivity index (χ3v) is 4.45. The topological polar surface area (TPSA) is 31.4 Å². The Labute approximate surface area is 149 Å². The van der Waals surface area contributed by atoms with Crippen molar-refractivity contribution in [1.29, 1.82) is 0 Å². The molecule has 3 rings (SSSR count). The van der Waals surface area contributed by atoms with E-state index >= 15 is 0 Å². The summed E-state index contributed by atoms with van der Waals surface area (Å²) in [5.41, 5.74) is 3.27. The van der Waals surface area contributed by atoms with Crippen LogP contribution in [0.2, 0.25) is 0 Å². The molecule has 0 aliphatic rings. The molecule has 3 aromatic rings. The summed E-state index contributed by atoms with van der Waals surface area (Å²) >= 11 is 0. The smallest absolute Gasteiger partial charge is 0.146 e. The summed E-state index contributed by atoms with van der Waals surface area (Å²) in [4.78, 5) is 4.43. The molecular formula is C22H25NO2. The van der Waals surface area contributed by atoms with E-state index in [1.165, 1.54) is 18.4 Å². The number of rotatable bonds is 8. The van der Waals surface area contributed by atoms with Gasteiger partial charge in [-0.25, -0.2) is 0 Å². The average molecular weight is 335 g/mol. The Bertz CT molecular complexity index is 793. The number of para-hydroxylation sites is 1. The van der Waals surface area contributed by atoms with E-state index in [4.69, 9.17) is 9.47 Å². The number of benzene rings is 2. The van der Waals surface area contributed by atoms with Gasteiger partial charge in [-0.05, 0) is 29.7 Å². The number of nitrogens with zero attached hydrogens (tertiary/aromatic N) is 1. The standard InChI is InChI=1S/C22H25NO2/c1-3-4-9-20(24-2)18-13-11-17(12-14-18)16-25-21-10-5-7-19-8-6-15-23-22(19)21/h5-8,10-15,20H,3-4,9,16H2,1-2H3. The van der Waals surface area contributed by atoms with Crippen molar-refractivity contribution in [2.75, 3.05) is 7.11 Å². The van der Waals surface area contributed by atoms with Gasteiger partial charge in [-0.1, -0.05) is 62.2 Å². The van der Waals surface area contributed by atoms with E-state index in [1.807, 2.05) is 30.3 Å². The highest BCUT2D eigenvalue weighted by Gasteiger charge is 2.10. The van der Waals surface area contributed by atoms with Gasteiger partial charge in [-0.15, -0.1) is 0 Å². The Balaban J connectivity index is 1.67. The molecule has 25 heavy (non-hydrogen) atoms. The third kappa shape index (κ3) is 4.37. The number of hydrogen-bond acceptors (Lipinski definition) is 3. The van der Waals surface area contributed by atoms with Crippen LogP contribution in [0.1, 0.15) is 43.4 Å². The number of hydrogen-bond donors (Lipinski definition) is 0. The lowest BCUT2D eigenvalue weighted by Gasteiger charge is -2.16. The van der Waals surface area contributed by atoms with Gasteiger partial charge < -0.3 is 9.47 Å². The Morgan fingerprint density at radius 2 is 1.80 bits per heavy atom. The van der Waals surface area contributed by atoms with Crippen LogP contribution in [0.15, 0.2) is 60.8 Å². The monoisotopic (exact) mass is 335 g/mol. The Morgan fingerprint density at radius 1 is 1.00 bits per heavy atom. The Kier molecular flexibility index (Phi) is 6.02. The molecule has 1 unspecified atom stereocenters. The normalized spacial score (nSPS) is 12.2. The molecule has 0 aliphatic carbocycles. The van der Waals surface area contributed by atoms with Gasteiger partial charge in [0.1, 0.15) is 17.9 Å². The summed E-state index contributed by atoms with van der Waals surface area (Å²) in [5.74, 6) is 0.819. The van der Waals surface area contributed by atoms with Crippen LogP contribution in [0.3, 0.4) is 0 Å². The summed E-state index contributed by atoms with van der Waals surface area (Å²) in [7, 11) is 1.78. The van der Waals surface area contributed by atoms with Gasteiger partial charge in [0.15, 0.2) is 0 Å². The zero-order chi connectivity index (χ0) is 17.5. The second kappa shape index (κ2) is 8.63. The van der Waals surface area contributed by atoms with Crippen LogP contribution in [0, 0.1) is 0 Å². The summed E-state index contributed by atoms with van der Waals surface area (Å²) in [6, 6.07) is 18.5. The fraction of sp³-hybridized carbons (Fsp3) is 0.318. The summed E-state index contributed by atoms with van der Waals surface area (Å²) in [5, 5.41) is 1.09. The number of fused-ring (bicyclic) bond motifs is 1. The fourth-order valence-corrected chi connectivity index (χ4v) is 2.99. The number of unbranched alkanes of at least 4 members (excludes halogenated alkanes) is 1. The largest absolute Gasteiger partial charge is 0.487 e. The minimum Gasteiger partial charge on any atom is -0.487 e. The van der Waals surface area contributed by atoms with E-state index in [0.29, 0.717) is 6.61 Å². The SMILES string of the molecule is CCCCC(OC)c1ccc(COc2cccc3cccnc23)cc1. The highest BCUT2D eigenvalue weighted by Crippen LogP contribution is 2.25. The van der Waals surface area contributed by atoms with Gasteiger partial charge in [0, 0.05) is 18.7 Å². The van der Waals surface area contributed by atoms with Crippen molar-refractivity contribution in [3.05, 3.63) is 71.9 Å². The maximum atomic E-state index is 6.00. The van der Waals surface area contributed by atoms with Gasteiger partial charge >= 0.3 is 0 Å². The number of methoxy groups -OCH3 is 1. The van der Waals surface area contributed by atoms with Crippen LogP contribution >= 0.6 is 0 Å². The van der Waals surface area contributed by atoms with Crippen LogP contribution in [-0.2, 0) is 11.3 Å². The first-order valence-corrected chi connectivity index (χ1v) is 8.90. The minimum absolute atomic E-state index is 0.178. The van der Waals surface area contributed by atoms with Crippen molar-refractivity contribution in [3.8, 4) is 5.75 Å². The molecule has 0 saturated heterocycles. The summed E-state index contributed by atoms with van der Waals surface area (Å²) in [6.07, 6.45) is 5.40. The highest BCUT2D eigenvalue weighted by atomic mass is 16.5. The first kappa shape index (κ1) is 17.4. The van der Waals surface area contributed by atoms with Crippen molar-refractivity contribution < 1.29 is 9.47 Å². The molecule has 0 saturated carbocycles.